The first kappa shape index (κ1) is 12.0. The number of phenolic OH excluding ortho intramolecular Hbond substituents is 1. The Labute approximate surface area is 104 Å². The van der Waals surface area contributed by atoms with E-state index >= 15 is 0 Å². The Morgan fingerprint density at radius 1 is 1.11 bits per heavy atom. The Kier molecular flexibility index (Phi) is 3.48. The molecule has 0 bridgehead atoms. The monoisotopic (exact) mass is 244 g/mol. The van der Waals surface area contributed by atoms with Gasteiger partial charge in [-0.1, -0.05) is 18.2 Å². The second-order valence-corrected chi connectivity index (χ2v) is 3.79. The minimum atomic E-state index is -0.949. The second kappa shape index (κ2) is 5.23. The van der Waals surface area contributed by atoms with Crippen molar-refractivity contribution in [2.24, 2.45) is 0 Å². The molecule has 0 fully saturated rings. The lowest BCUT2D eigenvalue weighted by atomic mass is 10.1. The van der Waals surface area contributed by atoms with E-state index in [2.05, 4.69) is 0 Å². The third-order valence-electron chi connectivity index (χ3n) is 2.42. The molecular formula is C14H12O4. The number of aromatic hydroxyl groups is 1. The highest BCUT2D eigenvalue weighted by molar-refractivity contribution is 5.87. The highest BCUT2D eigenvalue weighted by Gasteiger charge is 2.02. The number of hydrogen-bond donors (Lipinski definition) is 2. The van der Waals surface area contributed by atoms with E-state index < -0.39 is 5.97 Å². The van der Waals surface area contributed by atoms with Crippen LogP contribution in [0.2, 0.25) is 0 Å². The average Bonchev–Trinajstić information content (AvgIpc) is 2.37. The minimum Gasteiger partial charge on any atom is -0.508 e. The summed E-state index contributed by atoms with van der Waals surface area (Å²) in [7, 11) is 0. The predicted octanol–water partition coefficient (Wildman–Crippen LogP) is 2.67. The molecule has 4 heteroatoms. The van der Waals surface area contributed by atoms with Gasteiger partial charge < -0.3 is 14.9 Å². The molecule has 0 spiro atoms. The summed E-state index contributed by atoms with van der Waals surface area (Å²) >= 11 is 0. The molecule has 0 heterocycles. The molecular weight excluding hydrogens is 232 g/mol. The summed E-state index contributed by atoms with van der Waals surface area (Å²) in [5.74, 6) is -0.235. The average molecular weight is 244 g/mol. The first-order chi connectivity index (χ1) is 8.65. The van der Waals surface area contributed by atoms with Crippen molar-refractivity contribution >= 4 is 5.97 Å². The maximum Gasteiger partial charge on any atom is 0.335 e. The van der Waals surface area contributed by atoms with E-state index in [4.69, 9.17) is 9.84 Å². The Morgan fingerprint density at radius 2 is 1.83 bits per heavy atom. The molecule has 0 atom stereocenters. The van der Waals surface area contributed by atoms with Crippen LogP contribution in [0, 0.1) is 0 Å². The zero-order valence-electron chi connectivity index (χ0n) is 9.54. The third-order valence-corrected chi connectivity index (χ3v) is 2.42. The fourth-order valence-corrected chi connectivity index (χ4v) is 1.48. The van der Waals surface area contributed by atoms with Gasteiger partial charge in [-0.25, -0.2) is 4.79 Å². The van der Waals surface area contributed by atoms with Crippen molar-refractivity contribution in [1.82, 2.24) is 0 Å². The second-order valence-electron chi connectivity index (χ2n) is 3.79. The summed E-state index contributed by atoms with van der Waals surface area (Å²) in [6.07, 6.45) is 0. The van der Waals surface area contributed by atoms with Gasteiger partial charge in [-0.15, -0.1) is 0 Å². The van der Waals surface area contributed by atoms with Crippen LogP contribution in [0.25, 0.3) is 0 Å². The fourth-order valence-electron chi connectivity index (χ4n) is 1.48. The molecule has 0 aliphatic rings. The maximum atomic E-state index is 10.7. The van der Waals surface area contributed by atoms with Gasteiger partial charge in [0.2, 0.25) is 0 Å². The van der Waals surface area contributed by atoms with Gasteiger partial charge in [-0.2, -0.15) is 0 Å². The van der Waals surface area contributed by atoms with Crippen molar-refractivity contribution < 1.29 is 19.7 Å². The number of carbonyl (C=O) groups is 1. The molecule has 0 aliphatic heterocycles. The number of phenols is 1. The molecule has 2 aromatic carbocycles. The van der Waals surface area contributed by atoms with Crippen molar-refractivity contribution in [2.45, 2.75) is 6.61 Å². The molecule has 0 amide bonds. The van der Waals surface area contributed by atoms with Crippen LogP contribution in [0.3, 0.4) is 0 Å². The number of benzene rings is 2. The number of carboxylic acids is 1. The lowest BCUT2D eigenvalue weighted by molar-refractivity contribution is 0.0697. The van der Waals surface area contributed by atoms with Crippen LogP contribution >= 0.6 is 0 Å². The number of hydrogen-bond acceptors (Lipinski definition) is 3. The summed E-state index contributed by atoms with van der Waals surface area (Å²) in [6, 6.07) is 13.0. The van der Waals surface area contributed by atoms with Crippen molar-refractivity contribution in [3.05, 3.63) is 59.7 Å². The van der Waals surface area contributed by atoms with Gasteiger partial charge in [-0.3, -0.25) is 0 Å². The Balaban J connectivity index is 2.00. The number of aromatic carboxylic acids is 1. The summed E-state index contributed by atoms with van der Waals surface area (Å²) < 4.78 is 5.47. The van der Waals surface area contributed by atoms with E-state index in [1.165, 1.54) is 18.2 Å². The summed E-state index contributed by atoms with van der Waals surface area (Å²) in [6.45, 7) is 0.323. The Bertz CT molecular complexity index is 546. The van der Waals surface area contributed by atoms with Gasteiger partial charge in [-0.05, 0) is 29.8 Å². The van der Waals surface area contributed by atoms with Crippen LogP contribution in [0.1, 0.15) is 15.9 Å². The van der Waals surface area contributed by atoms with E-state index in [0.29, 0.717) is 12.4 Å². The van der Waals surface area contributed by atoms with E-state index in [1.54, 1.807) is 30.3 Å². The molecule has 0 aliphatic carbocycles. The molecule has 92 valence electrons. The topological polar surface area (TPSA) is 66.8 Å². The van der Waals surface area contributed by atoms with Gasteiger partial charge in [0.1, 0.15) is 18.1 Å². The first-order valence-corrected chi connectivity index (χ1v) is 5.39. The summed E-state index contributed by atoms with van der Waals surface area (Å²) in [5, 5.41) is 18.0. The fraction of sp³-hybridized carbons (Fsp3) is 0.0714. The minimum absolute atomic E-state index is 0.147. The van der Waals surface area contributed by atoms with E-state index in [-0.39, 0.29) is 11.3 Å². The van der Waals surface area contributed by atoms with Crippen molar-refractivity contribution in [1.29, 1.82) is 0 Å². The Hall–Kier alpha value is -2.49. The normalized spacial score (nSPS) is 10.0. The molecule has 0 saturated heterocycles. The van der Waals surface area contributed by atoms with E-state index in [1.807, 2.05) is 0 Å². The quantitative estimate of drug-likeness (QED) is 0.867. The molecule has 18 heavy (non-hydrogen) atoms. The third kappa shape index (κ3) is 3.01. The van der Waals surface area contributed by atoms with Gasteiger partial charge >= 0.3 is 5.97 Å². The number of carboxylic acid groups (broad SMARTS) is 1. The molecule has 0 saturated carbocycles. The highest BCUT2D eigenvalue weighted by Crippen LogP contribution is 2.19. The molecule has 2 rings (SSSR count). The molecule has 4 nitrogen and oxygen atoms in total. The van der Waals surface area contributed by atoms with Crippen molar-refractivity contribution in [3.63, 3.8) is 0 Å². The first-order valence-electron chi connectivity index (χ1n) is 5.39. The van der Waals surface area contributed by atoms with Crippen molar-refractivity contribution in [2.75, 3.05) is 0 Å². The molecule has 0 unspecified atom stereocenters. The summed E-state index contributed by atoms with van der Waals surface area (Å²) in [4.78, 5) is 10.7. The van der Waals surface area contributed by atoms with Crippen LogP contribution in [0.4, 0.5) is 0 Å². The van der Waals surface area contributed by atoms with Crippen molar-refractivity contribution in [3.8, 4) is 11.5 Å². The van der Waals surface area contributed by atoms with Crippen LogP contribution in [0.15, 0.2) is 48.5 Å². The Morgan fingerprint density at radius 3 is 2.44 bits per heavy atom. The smallest absolute Gasteiger partial charge is 0.335 e. The molecule has 2 aromatic rings. The van der Waals surface area contributed by atoms with Crippen LogP contribution in [-0.2, 0) is 6.61 Å². The van der Waals surface area contributed by atoms with Gasteiger partial charge in [0, 0.05) is 6.07 Å². The molecule has 0 radical (unpaired) electrons. The van der Waals surface area contributed by atoms with E-state index in [0.717, 1.165) is 5.56 Å². The van der Waals surface area contributed by atoms with E-state index in [9.17, 15) is 9.90 Å². The zero-order chi connectivity index (χ0) is 13.0. The molecule has 0 aromatic heterocycles. The lowest BCUT2D eigenvalue weighted by Gasteiger charge is -2.06. The predicted molar refractivity (Wildman–Crippen MR) is 65.8 cm³/mol. The summed E-state index contributed by atoms with van der Waals surface area (Å²) in [5.41, 5.74) is 1.11. The van der Waals surface area contributed by atoms with Gasteiger partial charge in [0.25, 0.3) is 0 Å². The lowest BCUT2D eigenvalue weighted by Crippen LogP contribution is -1.98. The van der Waals surface area contributed by atoms with Crippen LogP contribution < -0.4 is 4.74 Å². The van der Waals surface area contributed by atoms with Crippen LogP contribution in [0.5, 0.6) is 11.5 Å². The van der Waals surface area contributed by atoms with Crippen LogP contribution in [-0.4, -0.2) is 16.2 Å². The number of ether oxygens (including phenoxy) is 1. The largest absolute Gasteiger partial charge is 0.508 e. The maximum absolute atomic E-state index is 10.7. The highest BCUT2D eigenvalue weighted by atomic mass is 16.5. The zero-order valence-corrected chi connectivity index (χ0v) is 9.54. The standard InChI is InChI=1S/C14H12O4/c15-12-2-1-3-13(8-12)18-9-10-4-6-11(7-5-10)14(16)17/h1-8,15H,9H2,(H,16,17). The van der Waals surface area contributed by atoms with Gasteiger partial charge in [0.05, 0.1) is 5.56 Å². The SMILES string of the molecule is O=C(O)c1ccc(COc2cccc(O)c2)cc1. The number of rotatable bonds is 4. The molecule has 2 N–H and O–H groups in total. The van der Waals surface area contributed by atoms with Gasteiger partial charge in [0.15, 0.2) is 0 Å².